The molecule has 1 aliphatic heterocycles. The fourth-order valence-electron chi connectivity index (χ4n) is 3.29. The van der Waals surface area contributed by atoms with E-state index in [4.69, 9.17) is 0 Å². The third-order valence-corrected chi connectivity index (χ3v) is 4.62. The quantitative estimate of drug-likeness (QED) is 0.904. The van der Waals surface area contributed by atoms with Gasteiger partial charge in [-0.15, -0.1) is 0 Å². The van der Waals surface area contributed by atoms with Gasteiger partial charge in [0.25, 0.3) is 0 Å². The number of carbonyl (C=O) groups excluding carboxylic acids is 1. The molecule has 1 amide bonds. The van der Waals surface area contributed by atoms with Gasteiger partial charge in [-0.2, -0.15) is 0 Å². The molecule has 1 N–H and O–H groups in total. The Labute approximate surface area is 126 Å². The van der Waals surface area contributed by atoms with Crippen LogP contribution in [0.5, 0.6) is 0 Å². The van der Waals surface area contributed by atoms with Crippen molar-refractivity contribution in [2.24, 2.45) is 5.92 Å². The maximum atomic E-state index is 12.1. The summed E-state index contributed by atoms with van der Waals surface area (Å²) in [5.41, 5.74) is 0. The standard InChI is InChI=1S/C16H24N4O/c21-15(8-7-13-5-2-1-3-6-13)20-11-14(12-20)19-16-17-9-4-10-18-16/h4,9-10,13-14H,1-3,5-8,11-12H2,(H,17,18,19). The molecule has 0 aromatic carbocycles. The average Bonchev–Trinajstić information content (AvgIpc) is 2.50. The van der Waals surface area contributed by atoms with E-state index in [1.165, 1.54) is 32.1 Å². The molecule has 5 nitrogen and oxygen atoms in total. The molecule has 2 fully saturated rings. The molecule has 1 aliphatic carbocycles. The first-order valence-corrected chi connectivity index (χ1v) is 8.12. The number of rotatable bonds is 5. The van der Waals surface area contributed by atoms with E-state index >= 15 is 0 Å². The van der Waals surface area contributed by atoms with E-state index < -0.39 is 0 Å². The number of amides is 1. The van der Waals surface area contributed by atoms with Crippen molar-refractivity contribution in [3.05, 3.63) is 18.5 Å². The Morgan fingerprint density at radius 2 is 1.90 bits per heavy atom. The third kappa shape index (κ3) is 3.93. The Hall–Kier alpha value is -1.65. The number of nitrogens with one attached hydrogen (secondary N) is 1. The van der Waals surface area contributed by atoms with E-state index in [0.717, 1.165) is 31.8 Å². The van der Waals surface area contributed by atoms with Gasteiger partial charge in [-0.25, -0.2) is 9.97 Å². The van der Waals surface area contributed by atoms with Crippen LogP contribution in [-0.2, 0) is 4.79 Å². The molecule has 5 heteroatoms. The van der Waals surface area contributed by atoms with Gasteiger partial charge in [-0.3, -0.25) is 4.79 Å². The van der Waals surface area contributed by atoms with Gasteiger partial charge >= 0.3 is 0 Å². The van der Waals surface area contributed by atoms with Gasteiger partial charge in [-0.05, 0) is 18.4 Å². The predicted octanol–water partition coefficient (Wildman–Crippen LogP) is 2.46. The van der Waals surface area contributed by atoms with Crippen LogP contribution in [0.25, 0.3) is 0 Å². The predicted molar refractivity (Wildman–Crippen MR) is 81.8 cm³/mol. The largest absolute Gasteiger partial charge is 0.348 e. The summed E-state index contributed by atoms with van der Waals surface area (Å²) in [7, 11) is 0. The first kappa shape index (κ1) is 14.3. The Morgan fingerprint density at radius 3 is 2.62 bits per heavy atom. The highest BCUT2D eigenvalue weighted by molar-refractivity contribution is 5.77. The summed E-state index contributed by atoms with van der Waals surface area (Å²) < 4.78 is 0. The van der Waals surface area contributed by atoms with E-state index in [1.54, 1.807) is 18.5 Å². The molecule has 0 bridgehead atoms. The second-order valence-electron chi connectivity index (χ2n) is 6.26. The minimum Gasteiger partial charge on any atom is -0.348 e. The molecular formula is C16H24N4O. The minimum atomic E-state index is 0.297. The van der Waals surface area contributed by atoms with E-state index in [1.807, 2.05) is 4.90 Å². The molecule has 1 aromatic heterocycles. The van der Waals surface area contributed by atoms with Crippen LogP contribution in [0.1, 0.15) is 44.9 Å². The highest BCUT2D eigenvalue weighted by Crippen LogP contribution is 2.27. The fraction of sp³-hybridized carbons (Fsp3) is 0.688. The van der Waals surface area contributed by atoms with Gasteiger partial charge in [0.05, 0.1) is 6.04 Å². The second-order valence-corrected chi connectivity index (χ2v) is 6.26. The van der Waals surface area contributed by atoms with E-state index in [-0.39, 0.29) is 0 Å². The molecule has 2 aliphatic rings. The van der Waals surface area contributed by atoms with Crippen LogP contribution in [0.3, 0.4) is 0 Å². The Morgan fingerprint density at radius 1 is 1.19 bits per heavy atom. The zero-order chi connectivity index (χ0) is 14.5. The number of hydrogen-bond acceptors (Lipinski definition) is 4. The molecular weight excluding hydrogens is 264 g/mol. The normalized spacial score (nSPS) is 20.1. The Kier molecular flexibility index (Phi) is 4.68. The number of likely N-dealkylation sites (tertiary alicyclic amines) is 1. The maximum absolute atomic E-state index is 12.1. The molecule has 0 radical (unpaired) electrons. The van der Waals surface area contributed by atoms with E-state index in [0.29, 0.717) is 17.9 Å². The number of nitrogens with zero attached hydrogens (tertiary/aromatic N) is 3. The summed E-state index contributed by atoms with van der Waals surface area (Å²) in [5, 5.41) is 3.25. The SMILES string of the molecule is O=C(CCC1CCCCC1)N1CC(Nc2ncccn2)C1. The van der Waals surface area contributed by atoms with Crippen LogP contribution < -0.4 is 5.32 Å². The fourth-order valence-corrected chi connectivity index (χ4v) is 3.29. The molecule has 1 aromatic rings. The van der Waals surface area contributed by atoms with Gasteiger partial charge in [0.1, 0.15) is 0 Å². The first-order valence-electron chi connectivity index (χ1n) is 8.12. The summed E-state index contributed by atoms with van der Waals surface area (Å²) in [4.78, 5) is 22.4. The summed E-state index contributed by atoms with van der Waals surface area (Å²) in [5.74, 6) is 1.75. The molecule has 0 spiro atoms. The number of aromatic nitrogens is 2. The summed E-state index contributed by atoms with van der Waals surface area (Å²) in [6, 6.07) is 2.10. The van der Waals surface area contributed by atoms with Gasteiger partial charge in [0.2, 0.25) is 11.9 Å². The Bertz CT molecular complexity index is 453. The molecule has 1 saturated heterocycles. The number of carbonyl (C=O) groups is 1. The van der Waals surface area contributed by atoms with Crippen molar-refractivity contribution < 1.29 is 4.79 Å². The van der Waals surface area contributed by atoms with E-state index in [9.17, 15) is 4.79 Å². The lowest BCUT2D eigenvalue weighted by molar-refractivity contribution is -0.135. The van der Waals surface area contributed by atoms with Crippen LogP contribution in [-0.4, -0.2) is 39.9 Å². The van der Waals surface area contributed by atoms with Crippen molar-refractivity contribution in [3.63, 3.8) is 0 Å². The van der Waals surface area contributed by atoms with Crippen molar-refractivity contribution in [2.75, 3.05) is 18.4 Å². The van der Waals surface area contributed by atoms with Crippen LogP contribution in [0.15, 0.2) is 18.5 Å². The number of hydrogen-bond donors (Lipinski definition) is 1. The Balaban J connectivity index is 1.34. The molecule has 0 atom stereocenters. The molecule has 114 valence electrons. The summed E-state index contributed by atoms with van der Waals surface area (Å²) in [6.45, 7) is 1.56. The topological polar surface area (TPSA) is 58.1 Å². The second kappa shape index (κ2) is 6.87. The molecule has 1 saturated carbocycles. The maximum Gasteiger partial charge on any atom is 0.222 e. The molecule has 2 heterocycles. The van der Waals surface area contributed by atoms with Gasteiger partial charge in [0.15, 0.2) is 0 Å². The van der Waals surface area contributed by atoms with Crippen LogP contribution >= 0.6 is 0 Å². The van der Waals surface area contributed by atoms with Gasteiger partial charge < -0.3 is 10.2 Å². The van der Waals surface area contributed by atoms with Crippen molar-refractivity contribution in [3.8, 4) is 0 Å². The van der Waals surface area contributed by atoms with Crippen LogP contribution in [0, 0.1) is 5.92 Å². The van der Waals surface area contributed by atoms with E-state index in [2.05, 4.69) is 15.3 Å². The van der Waals surface area contributed by atoms with Crippen LogP contribution in [0.4, 0.5) is 5.95 Å². The minimum absolute atomic E-state index is 0.297. The van der Waals surface area contributed by atoms with Gasteiger partial charge in [-0.1, -0.05) is 32.1 Å². The van der Waals surface area contributed by atoms with Gasteiger partial charge in [0, 0.05) is 31.9 Å². The average molecular weight is 288 g/mol. The van der Waals surface area contributed by atoms with Crippen molar-refractivity contribution >= 4 is 11.9 Å². The lowest BCUT2D eigenvalue weighted by atomic mass is 9.86. The molecule has 3 rings (SSSR count). The monoisotopic (exact) mass is 288 g/mol. The first-order chi connectivity index (χ1) is 10.3. The molecule has 0 unspecified atom stereocenters. The smallest absolute Gasteiger partial charge is 0.222 e. The molecule has 21 heavy (non-hydrogen) atoms. The van der Waals surface area contributed by atoms with Crippen molar-refractivity contribution in [1.82, 2.24) is 14.9 Å². The summed E-state index contributed by atoms with van der Waals surface area (Å²) in [6.07, 6.45) is 12.0. The lowest BCUT2D eigenvalue weighted by Crippen LogP contribution is -2.57. The van der Waals surface area contributed by atoms with Crippen molar-refractivity contribution in [2.45, 2.75) is 51.0 Å². The zero-order valence-corrected chi connectivity index (χ0v) is 12.5. The lowest BCUT2D eigenvalue weighted by Gasteiger charge is -2.39. The third-order valence-electron chi connectivity index (χ3n) is 4.62. The highest BCUT2D eigenvalue weighted by atomic mass is 16.2. The van der Waals surface area contributed by atoms with Crippen LogP contribution in [0.2, 0.25) is 0 Å². The summed E-state index contributed by atoms with van der Waals surface area (Å²) >= 11 is 0. The highest BCUT2D eigenvalue weighted by Gasteiger charge is 2.31. The van der Waals surface area contributed by atoms with Crippen molar-refractivity contribution in [1.29, 1.82) is 0 Å². The zero-order valence-electron chi connectivity index (χ0n) is 12.5. The number of anilines is 1.